The van der Waals surface area contributed by atoms with Gasteiger partial charge in [0.1, 0.15) is 12.1 Å². The Morgan fingerprint density at radius 1 is 1.00 bits per heavy atom. The summed E-state index contributed by atoms with van der Waals surface area (Å²) >= 11 is 5.98. The number of aromatic nitrogens is 4. The summed E-state index contributed by atoms with van der Waals surface area (Å²) in [6.45, 7) is 2.90. The largest absolute Gasteiger partial charge is 0.326 e. The third kappa shape index (κ3) is 2.83. The fourth-order valence-corrected chi connectivity index (χ4v) is 3.01. The molecule has 5 nitrogen and oxygen atoms in total. The number of para-hydroxylation sites is 1. The van der Waals surface area contributed by atoms with E-state index in [9.17, 15) is 0 Å². The molecule has 0 fully saturated rings. The van der Waals surface area contributed by atoms with E-state index in [1.807, 2.05) is 48.7 Å². The van der Waals surface area contributed by atoms with Crippen molar-refractivity contribution in [3.8, 4) is 5.69 Å². The van der Waals surface area contributed by atoms with Crippen molar-refractivity contribution in [3.05, 3.63) is 72.1 Å². The lowest BCUT2D eigenvalue weighted by Crippen LogP contribution is -2.17. The van der Waals surface area contributed by atoms with E-state index in [0.29, 0.717) is 5.02 Å². The Labute approximate surface area is 150 Å². The molecule has 0 atom stereocenters. The maximum absolute atomic E-state index is 5.98. The van der Waals surface area contributed by atoms with E-state index < -0.39 is 0 Å². The molecule has 0 bridgehead atoms. The normalized spacial score (nSPS) is 11.0. The standard InChI is InChI=1S/C19H16ClN5/c1-2-24(15-6-4-3-5-7-15)18-17-12-23-25(19(17)22-13-21-18)16-10-8-14(20)9-11-16/h3-13H,2H2,1H3. The van der Waals surface area contributed by atoms with Crippen LogP contribution in [0.1, 0.15) is 6.92 Å². The maximum Gasteiger partial charge on any atom is 0.168 e. The molecular weight excluding hydrogens is 334 g/mol. The summed E-state index contributed by atoms with van der Waals surface area (Å²) in [4.78, 5) is 11.1. The van der Waals surface area contributed by atoms with Crippen LogP contribution in [-0.4, -0.2) is 26.3 Å². The van der Waals surface area contributed by atoms with Crippen molar-refractivity contribution >= 4 is 34.1 Å². The van der Waals surface area contributed by atoms with Crippen LogP contribution in [0, 0.1) is 0 Å². The van der Waals surface area contributed by atoms with Crippen molar-refractivity contribution in [3.63, 3.8) is 0 Å². The van der Waals surface area contributed by atoms with Gasteiger partial charge in [-0.15, -0.1) is 0 Å². The molecule has 2 heterocycles. The molecule has 0 unspecified atom stereocenters. The molecule has 0 aliphatic rings. The Hall–Kier alpha value is -2.92. The molecule has 0 aliphatic heterocycles. The predicted molar refractivity (Wildman–Crippen MR) is 101 cm³/mol. The molecule has 6 heteroatoms. The minimum absolute atomic E-state index is 0.691. The lowest BCUT2D eigenvalue weighted by Gasteiger charge is -2.22. The minimum Gasteiger partial charge on any atom is -0.326 e. The van der Waals surface area contributed by atoms with Crippen molar-refractivity contribution in [2.24, 2.45) is 0 Å². The average Bonchev–Trinajstić information content (AvgIpc) is 3.09. The molecule has 0 saturated heterocycles. The number of hydrogen-bond donors (Lipinski definition) is 0. The molecule has 2 aromatic carbocycles. The average molecular weight is 350 g/mol. The van der Waals surface area contributed by atoms with Crippen LogP contribution >= 0.6 is 11.6 Å². The van der Waals surface area contributed by atoms with Gasteiger partial charge in [0.2, 0.25) is 0 Å². The van der Waals surface area contributed by atoms with E-state index in [4.69, 9.17) is 11.6 Å². The number of hydrogen-bond acceptors (Lipinski definition) is 4. The summed E-state index contributed by atoms with van der Waals surface area (Å²) in [5.74, 6) is 0.846. The highest BCUT2D eigenvalue weighted by molar-refractivity contribution is 6.30. The molecule has 0 radical (unpaired) electrons. The minimum atomic E-state index is 0.691. The van der Waals surface area contributed by atoms with E-state index in [1.165, 1.54) is 0 Å². The van der Waals surface area contributed by atoms with Crippen molar-refractivity contribution in [2.75, 3.05) is 11.4 Å². The van der Waals surface area contributed by atoms with Crippen LogP contribution in [0.25, 0.3) is 16.7 Å². The van der Waals surface area contributed by atoms with Gasteiger partial charge in [-0.2, -0.15) is 5.10 Å². The third-order valence-corrected chi connectivity index (χ3v) is 4.31. The molecule has 0 spiro atoms. The Kier molecular flexibility index (Phi) is 4.07. The number of rotatable bonds is 4. The highest BCUT2D eigenvalue weighted by Crippen LogP contribution is 2.30. The number of anilines is 2. The number of nitrogens with zero attached hydrogens (tertiary/aromatic N) is 5. The molecule has 0 saturated carbocycles. The van der Waals surface area contributed by atoms with Crippen LogP contribution < -0.4 is 4.90 Å². The predicted octanol–water partition coefficient (Wildman–Crippen LogP) is 4.63. The maximum atomic E-state index is 5.98. The molecule has 25 heavy (non-hydrogen) atoms. The number of fused-ring (bicyclic) bond motifs is 1. The molecule has 4 rings (SSSR count). The fourth-order valence-electron chi connectivity index (χ4n) is 2.88. The zero-order valence-corrected chi connectivity index (χ0v) is 14.4. The van der Waals surface area contributed by atoms with Gasteiger partial charge in [0.05, 0.1) is 17.3 Å². The second kappa shape index (κ2) is 6.53. The van der Waals surface area contributed by atoms with Crippen molar-refractivity contribution < 1.29 is 0 Å². The summed E-state index contributed by atoms with van der Waals surface area (Å²) in [6, 6.07) is 17.7. The van der Waals surface area contributed by atoms with Crippen LogP contribution in [-0.2, 0) is 0 Å². The van der Waals surface area contributed by atoms with E-state index >= 15 is 0 Å². The second-order valence-corrected chi connectivity index (χ2v) is 5.98. The van der Waals surface area contributed by atoms with Crippen LogP contribution in [0.2, 0.25) is 5.02 Å². The second-order valence-electron chi connectivity index (χ2n) is 5.55. The first kappa shape index (κ1) is 15.6. The van der Waals surface area contributed by atoms with Gasteiger partial charge in [-0.05, 0) is 43.3 Å². The quantitative estimate of drug-likeness (QED) is 0.539. The Morgan fingerprint density at radius 2 is 1.76 bits per heavy atom. The Bertz CT molecular complexity index is 995. The van der Waals surface area contributed by atoms with Crippen LogP contribution in [0.3, 0.4) is 0 Å². The van der Waals surface area contributed by atoms with E-state index in [0.717, 1.165) is 34.8 Å². The Morgan fingerprint density at radius 3 is 2.48 bits per heavy atom. The first-order valence-corrected chi connectivity index (χ1v) is 8.43. The van der Waals surface area contributed by atoms with Crippen molar-refractivity contribution in [1.29, 1.82) is 0 Å². The van der Waals surface area contributed by atoms with Crippen molar-refractivity contribution in [1.82, 2.24) is 19.7 Å². The SMILES string of the molecule is CCN(c1ccccc1)c1ncnc2c1cnn2-c1ccc(Cl)cc1. The molecule has 4 aromatic rings. The van der Waals surface area contributed by atoms with Gasteiger partial charge in [-0.25, -0.2) is 14.6 Å². The van der Waals surface area contributed by atoms with E-state index in [1.54, 1.807) is 11.0 Å². The van der Waals surface area contributed by atoms with Gasteiger partial charge < -0.3 is 4.90 Å². The fraction of sp³-hybridized carbons (Fsp3) is 0.105. The summed E-state index contributed by atoms with van der Waals surface area (Å²) in [5.41, 5.74) is 2.76. The zero-order valence-electron chi connectivity index (χ0n) is 13.7. The van der Waals surface area contributed by atoms with Gasteiger partial charge in [-0.3, -0.25) is 0 Å². The smallest absolute Gasteiger partial charge is 0.168 e. The molecule has 0 aliphatic carbocycles. The monoisotopic (exact) mass is 349 g/mol. The highest BCUT2D eigenvalue weighted by Gasteiger charge is 2.16. The first-order valence-electron chi connectivity index (χ1n) is 8.05. The van der Waals surface area contributed by atoms with Crippen molar-refractivity contribution in [2.45, 2.75) is 6.92 Å². The number of halogens is 1. The summed E-state index contributed by atoms with van der Waals surface area (Å²) in [5, 5.41) is 6.11. The summed E-state index contributed by atoms with van der Waals surface area (Å²) in [7, 11) is 0. The van der Waals surface area contributed by atoms with Gasteiger partial charge in [-0.1, -0.05) is 29.8 Å². The van der Waals surface area contributed by atoms with Crippen LogP contribution in [0.15, 0.2) is 67.1 Å². The summed E-state index contributed by atoms with van der Waals surface area (Å²) < 4.78 is 1.80. The highest BCUT2D eigenvalue weighted by atomic mass is 35.5. The third-order valence-electron chi connectivity index (χ3n) is 4.06. The lowest BCUT2D eigenvalue weighted by atomic mass is 10.2. The lowest BCUT2D eigenvalue weighted by molar-refractivity contribution is 0.894. The molecule has 0 N–H and O–H groups in total. The van der Waals surface area contributed by atoms with Gasteiger partial charge in [0, 0.05) is 17.3 Å². The molecule has 0 amide bonds. The Balaban J connectivity index is 1.85. The van der Waals surface area contributed by atoms with Gasteiger partial charge >= 0.3 is 0 Å². The van der Waals surface area contributed by atoms with Gasteiger partial charge in [0.25, 0.3) is 0 Å². The van der Waals surface area contributed by atoms with Gasteiger partial charge in [0.15, 0.2) is 5.65 Å². The summed E-state index contributed by atoms with van der Waals surface area (Å²) in [6.07, 6.45) is 3.39. The van der Waals surface area contributed by atoms with Crippen LogP contribution in [0.5, 0.6) is 0 Å². The molecular formula is C19H16ClN5. The van der Waals surface area contributed by atoms with E-state index in [-0.39, 0.29) is 0 Å². The topological polar surface area (TPSA) is 46.8 Å². The van der Waals surface area contributed by atoms with Crippen LogP contribution in [0.4, 0.5) is 11.5 Å². The zero-order chi connectivity index (χ0) is 17.2. The number of benzene rings is 2. The first-order chi connectivity index (χ1) is 12.3. The molecule has 2 aromatic heterocycles. The van der Waals surface area contributed by atoms with E-state index in [2.05, 4.69) is 39.0 Å². The molecule has 124 valence electrons.